The molecule has 0 aromatic heterocycles. The Labute approximate surface area is 107 Å². The Balaban J connectivity index is 2.35. The van der Waals surface area contributed by atoms with E-state index in [1.807, 2.05) is 0 Å². The van der Waals surface area contributed by atoms with Gasteiger partial charge in [-0.05, 0) is 29.5 Å². The Morgan fingerprint density at radius 1 is 1.22 bits per heavy atom. The molecule has 1 aromatic rings. The summed E-state index contributed by atoms with van der Waals surface area (Å²) in [5.74, 6) is -1.68. The van der Waals surface area contributed by atoms with Gasteiger partial charge in [0.05, 0.1) is 6.10 Å². The van der Waals surface area contributed by atoms with Gasteiger partial charge >= 0.3 is 0 Å². The number of aliphatic hydroxyl groups excluding tert-OH is 1. The molecular formula is C14H21F2NO. The smallest absolute Gasteiger partial charge is 0.159 e. The molecule has 0 saturated heterocycles. The maximum absolute atomic E-state index is 12.9. The van der Waals surface area contributed by atoms with Crippen molar-refractivity contribution in [2.75, 3.05) is 6.54 Å². The molecule has 1 atom stereocenters. The summed E-state index contributed by atoms with van der Waals surface area (Å²) < 4.78 is 25.6. The maximum Gasteiger partial charge on any atom is 0.159 e. The zero-order valence-corrected chi connectivity index (χ0v) is 11.1. The van der Waals surface area contributed by atoms with Gasteiger partial charge in [0.15, 0.2) is 11.6 Å². The van der Waals surface area contributed by atoms with Crippen molar-refractivity contribution in [1.82, 2.24) is 5.32 Å². The predicted octanol–water partition coefficient (Wildman–Crippen LogP) is 2.85. The summed E-state index contributed by atoms with van der Waals surface area (Å²) in [6, 6.07) is 3.80. The highest BCUT2D eigenvalue weighted by Gasteiger charge is 2.16. The fourth-order valence-corrected chi connectivity index (χ4v) is 1.81. The molecule has 2 nitrogen and oxygen atoms in total. The van der Waals surface area contributed by atoms with Crippen molar-refractivity contribution in [3.05, 3.63) is 35.4 Å². The molecule has 0 spiro atoms. The fraction of sp³-hybridized carbons (Fsp3) is 0.571. The average Bonchev–Trinajstić information content (AvgIpc) is 2.20. The van der Waals surface area contributed by atoms with Gasteiger partial charge in [-0.2, -0.15) is 0 Å². The second-order valence-corrected chi connectivity index (χ2v) is 5.80. The Kier molecular flexibility index (Phi) is 5.23. The van der Waals surface area contributed by atoms with Gasteiger partial charge in [-0.1, -0.05) is 26.8 Å². The van der Waals surface area contributed by atoms with Gasteiger partial charge < -0.3 is 10.4 Å². The minimum absolute atomic E-state index is 0.0725. The van der Waals surface area contributed by atoms with Crippen LogP contribution in [0.3, 0.4) is 0 Å². The first-order valence-corrected chi connectivity index (χ1v) is 6.10. The second-order valence-electron chi connectivity index (χ2n) is 5.80. The van der Waals surface area contributed by atoms with E-state index in [9.17, 15) is 13.9 Å². The van der Waals surface area contributed by atoms with Crippen LogP contribution < -0.4 is 5.32 Å². The van der Waals surface area contributed by atoms with Crippen molar-refractivity contribution in [3.8, 4) is 0 Å². The number of nitrogens with one attached hydrogen (secondary N) is 1. The molecule has 18 heavy (non-hydrogen) atoms. The van der Waals surface area contributed by atoms with Crippen molar-refractivity contribution in [3.63, 3.8) is 0 Å². The second kappa shape index (κ2) is 6.25. The minimum Gasteiger partial charge on any atom is -0.392 e. The largest absolute Gasteiger partial charge is 0.392 e. The van der Waals surface area contributed by atoms with Gasteiger partial charge in [0, 0.05) is 13.1 Å². The number of benzene rings is 1. The minimum atomic E-state index is -0.843. The molecule has 0 bridgehead atoms. The van der Waals surface area contributed by atoms with Crippen LogP contribution in [0.2, 0.25) is 0 Å². The highest BCUT2D eigenvalue weighted by molar-refractivity contribution is 5.17. The van der Waals surface area contributed by atoms with Crippen LogP contribution in [-0.4, -0.2) is 17.8 Å². The highest BCUT2D eigenvalue weighted by atomic mass is 19.2. The number of hydrogen-bond acceptors (Lipinski definition) is 2. The van der Waals surface area contributed by atoms with E-state index in [-0.39, 0.29) is 5.41 Å². The van der Waals surface area contributed by atoms with Crippen LogP contribution in [0.4, 0.5) is 8.78 Å². The summed E-state index contributed by atoms with van der Waals surface area (Å²) in [6.07, 6.45) is 0.257. The van der Waals surface area contributed by atoms with Crippen molar-refractivity contribution in [2.24, 2.45) is 5.41 Å². The van der Waals surface area contributed by atoms with E-state index < -0.39 is 17.7 Å². The normalized spacial score (nSPS) is 13.7. The monoisotopic (exact) mass is 257 g/mol. The molecule has 0 fully saturated rings. The molecule has 0 amide bonds. The van der Waals surface area contributed by atoms with E-state index in [0.717, 1.165) is 6.07 Å². The Hall–Kier alpha value is -1.00. The zero-order chi connectivity index (χ0) is 13.8. The zero-order valence-electron chi connectivity index (χ0n) is 11.1. The lowest BCUT2D eigenvalue weighted by Crippen LogP contribution is -2.29. The van der Waals surface area contributed by atoms with E-state index in [1.165, 1.54) is 12.1 Å². The molecule has 0 heterocycles. The first-order valence-electron chi connectivity index (χ1n) is 6.10. The molecule has 4 heteroatoms. The van der Waals surface area contributed by atoms with Gasteiger partial charge in [0.25, 0.3) is 0 Å². The number of rotatable bonds is 5. The third kappa shape index (κ3) is 5.56. The molecule has 1 unspecified atom stereocenters. The molecule has 102 valence electrons. The molecule has 0 radical (unpaired) electrons. The molecule has 1 rings (SSSR count). The molecular weight excluding hydrogens is 236 g/mol. The third-order valence-corrected chi connectivity index (χ3v) is 2.54. The van der Waals surface area contributed by atoms with Gasteiger partial charge in [0.1, 0.15) is 0 Å². The Bertz CT molecular complexity index is 388. The van der Waals surface area contributed by atoms with E-state index in [4.69, 9.17) is 0 Å². The topological polar surface area (TPSA) is 32.3 Å². The van der Waals surface area contributed by atoms with Crippen LogP contribution in [-0.2, 0) is 6.54 Å². The van der Waals surface area contributed by atoms with E-state index in [0.29, 0.717) is 25.1 Å². The SMILES string of the molecule is CC(C)(C)CC(O)CNCc1ccc(F)c(F)c1. The summed E-state index contributed by atoms with van der Waals surface area (Å²) in [6.45, 7) is 7.04. The number of hydrogen-bond donors (Lipinski definition) is 2. The van der Waals surface area contributed by atoms with Crippen LogP contribution >= 0.6 is 0 Å². The first kappa shape index (κ1) is 15.1. The summed E-state index contributed by atoms with van der Waals surface area (Å²) in [4.78, 5) is 0. The van der Waals surface area contributed by atoms with Crippen molar-refractivity contribution >= 4 is 0 Å². The van der Waals surface area contributed by atoms with Gasteiger partial charge in [-0.15, -0.1) is 0 Å². The van der Waals surface area contributed by atoms with Crippen LogP contribution in [0.1, 0.15) is 32.8 Å². The van der Waals surface area contributed by atoms with Gasteiger partial charge in [-0.3, -0.25) is 0 Å². The summed E-state index contributed by atoms with van der Waals surface area (Å²) in [5.41, 5.74) is 0.736. The van der Waals surface area contributed by atoms with Crippen LogP contribution in [0.25, 0.3) is 0 Å². The summed E-state index contributed by atoms with van der Waals surface area (Å²) in [7, 11) is 0. The van der Waals surface area contributed by atoms with Crippen LogP contribution in [0.15, 0.2) is 18.2 Å². The van der Waals surface area contributed by atoms with Crippen LogP contribution in [0.5, 0.6) is 0 Å². The van der Waals surface area contributed by atoms with Gasteiger partial charge in [0.2, 0.25) is 0 Å². The molecule has 0 aliphatic carbocycles. The molecule has 1 aromatic carbocycles. The number of aliphatic hydroxyl groups is 1. The van der Waals surface area contributed by atoms with E-state index in [1.54, 1.807) is 0 Å². The quantitative estimate of drug-likeness (QED) is 0.850. The molecule has 0 saturated carbocycles. The molecule has 0 aliphatic heterocycles. The fourth-order valence-electron chi connectivity index (χ4n) is 1.81. The highest BCUT2D eigenvalue weighted by Crippen LogP contribution is 2.20. The molecule has 2 N–H and O–H groups in total. The lowest BCUT2D eigenvalue weighted by molar-refractivity contribution is 0.119. The standard InChI is InChI=1S/C14H21F2NO/c1-14(2,3)7-11(18)9-17-8-10-4-5-12(15)13(16)6-10/h4-6,11,17-18H,7-9H2,1-3H3. The lowest BCUT2D eigenvalue weighted by atomic mass is 9.89. The van der Waals surface area contributed by atoms with Crippen molar-refractivity contribution < 1.29 is 13.9 Å². The first-order chi connectivity index (χ1) is 8.28. The Morgan fingerprint density at radius 2 is 1.89 bits per heavy atom. The van der Waals surface area contributed by atoms with E-state index >= 15 is 0 Å². The predicted molar refractivity (Wildman–Crippen MR) is 68.1 cm³/mol. The third-order valence-electron chi connectivity index (χ3n) is 2.54. The lowest BCUT2D eigenvalue weighted by Gasteiger charge is -2.22. The maximum atomic E-state index is 12.9. The summed E-state index contributed by atoms with van der Waals surface area (Å²) >= 11 is 0. The van der Waals surface area contributed by atoms with Crippen LogP contribution in [0, 0.1) is 17.0 Å². The van der Waals surface area contributed by atoms with Gasteiger partial charge in [-0.25, -0.2) is 8.78 Å². The average molecular weight is 257 g/mol. The Morgan fingerprint density at radius 3 is 2.44 bits per heavy atom. The van der Waals surface area contributed by atoms with Crippen molar-refractivity contribution in [2.45, 2.75) is 39.8 Å². The number of halogens is 2. The molecule has 0 aliphatic rings. The summed E-state index contributed by atoms with van der Waals surface area (Å²) in [5, 5.41) is 12.8. The van der Waals surface area contributed by atoms with E-state index in [2.05, 4.69) is 26.1 Å². The van der Waals surface area contributed by atoms with Crippen molar-refractivity contribution in [1.29, 1.82) is 0 Å².